The first-order chi connectivity index (χ1) is 8.53. The molecule has 2 N–H and O–H groups in total. The van der Waals surface area contributed by atoms with E-state index in [4.69, 9.17) is 10.8 Å². The minimum absolute atomic E-state index is 0.0572. The molecule has 2 aromatic heterocycles. The molecule has 19 heavy (non-hydrogen) atoms. The zero-order chi connectivity index (χ0) is 14.6. The summed E-state index contributed by atoms with van der Waals surface area (Å²) in [5.74, 6) is 0.570. The van der Waals surface area contributed by atoms with Crippen molar-refractivity contribution in [2.75, 3.05) is 5.73 Å². The highest BCUT2D eigenvalue weighted by Crippen LogP contribution is 2.35. The maximum Gasteiger partial charge on any atom is 0.134 e. The van der Waals surface area contributed by atoms with Crippen molar-refractivity contribution in [1.29, 1.82) is 0 Å². The number of hydrogen-bond acceptors (Lipinski definition) is 3. The number of fused-ring (bicyclic) bond motifs is 1. The molecule has 2 heterocycles. The summed E-state index contributed by atoms with van der Waals surface area (Å²) in [6, 6.07) is 0. The van der Waals surface area contributed by atoms with Crippen molar-refractivity contribution in [3.05, 3.63) is 17.5 Å². The van der Waals surface area contributed by atoms with Gasteiger partial charge in [-0.1, -0.05) is 20.8 Å². The van der Waals surface area contributed by atoms with Crippen LogP contribution in [0.1, 0.15) is 52.8 Å². The van der Waals surface area contributed by atoms with E-state index >= 15 is 0 Å². The number of pyridine rings is 1. The van der Waals surface area contributed by atoms with Gasteiger partial charge in [0.25, 0.3) is 0 Å². The van der Waals surface area contributed by atoms with E-state index in [9.17, 15) is 0 Å². The van der Waals surface area contributed by atoms with E-state index in [0.29, 0.717) is 5.82 Å². The van der Waals surface area contributed by atoms with Gasteiger partial charge in [0.2, 0.25) is 0 Å². The quantitative estimate of drug-likeness (QED) is 0.790. The van der Waals surface area contributed by atoms with E-state index in [2.05, 4.69) is 58.1 Å². The zero-order valence-corrected chi connectivity index (χ0v) is 13.0. The average Bonchev–Trinajstić information content (AvgIpc) is 2.63. The van der Waals surface area contributed by atoms with E-state index in [1.165, 1.54) is 0 Å². The summed E-state index contributed by atoms with van der Waals surface area (Å²) in [7, 11) is 0. The predicted octanol–water partition coefficient (Wildman–Crippen LogP) is 3.37. The number of aryl methyl sites for hydroxylation is 1. The van der Waals surface area contributed by atoms with Crippen LogP contribution in [0.25, 0.3) is 10.9 Å². The molecule has 4 heteroatoms. The molecule has 0 amide bonds. The fourth-order valence-electron chi connectivity index (χ4n) is 2.33. The van der Waals surface area contributed by atoms with Crippen LogP contribution in [-0.2, 0) is 11.0 Å². The van der Waals surface area contributed by atoms with Gasteiger partial charge in [0.05, 0.1) is 22.1 Å². The first-order valence-electron chi connectivity index (χ1n) is 6.68. The third-order valence-electron chi connectivity index (χ3n) is 3.26. The maximum absolute atomic E-state index is 6.11. The van der Waals surface area contributed by atoms with Gasteiger partial charge in [0.15, 0.2) is 0 Å². The van der Waals surface area contributed by atoms with Crippen LogP contribution in [0.5, 0.6) is 0 Å². The summed E-state index contributed by atoms with van der Waals surface area (Å²) in [5.41, 5.74) is 9.21. The number of hydrogen-bond donors (Lipinski definition) is 1. The second-order valence-corrected chi connectivity index (χ2v) is 7.23. The van der Waals surface area contributed by atoms with Gasteiger partial charge >= 0.3 is 0 Å². The summed E-state index contributed by atoms with van der Waals surface area (Å²) in [5, 5.41) is 5.85. The van der Waals surface area contributed by atoms with E-state index in [0.717, 1.165) is 22.2 Å². The maximum atomic E-state index is 6.11. The van der Waals surface area contributed by atoms with E-state index < -0.39 is 0 Å². The molecule has 2 aromatic rings. The van der Waals surface area contributed by atoms with Gasteiger partial charge in [0.1, 0.15) is 5.82 Å². The summed E-state index contributed by atoms with van der Waals surface area (Å²) in [6.07, 6.45) is 1.83. The molecule has 0 unspecified atom stereocenters. The number of anilines is 1. The van der Waals surface area contributed by atoms with Crippen LogP contribution in [0.2, 0.25) is 0 Å². The molecule has 0 bridgehead atoms. The fraction of sp³-hybridized carbons (Fsp3) is 0.600. The molecule has 0 saturated carbocycles. The average molecular weight is 260 g/mol. The number of nitrogens with two attached hydrogens (primary N) is 1. The lowest BCUT2D eigenvalue weighted by atomic mass is 9.90. The first-order valence-corrected chi connectivity index (χ1v) is 6.68. The van der Waals surface area contributed by atoms with Gasteiger partial charge in [0, 0.05) is 11.6 Å². The molecule has 0 radical (unpaired) electrons. The highest BCUT2D eigenvalue weighted by atomic mass is 15.3. The molecule has 0 saturated heterocycles. The van der Waals surface area contributed by atoms with Gasteiger partial charge in [-0.3, -0.25) is 4.68 Å². The number of nitrogen functional groups attached to an aromatic ring is 1. The van der Waals surface area contributed by atoms with Gasteiger partial charge < -0.3 is 5.73 Å². The largest absolute Gasteiger partial charge is 0.383 e. The van der Waals surface area contributed by atoms with Crippen molar-refractivity contribution >= 4 is 16.7 Å². The number of aromatic nitrogens is 3. The Morgan fingerprint density at radius 1 is 1.11 bits per heavy atom. The van der Waals surface area contributed by atoms with Crippen molar-refractivity contribution in [1.82, 2.24) is 14.8 Å². The van der Waals surface area contributed by atoms with E-state index in [1.54, 1.807) is 0 Å². The molecule has 0 spiro atoms. The zero-order valence-electron chi connectivity index (χ0n) is 13.0. The van der Waals surface area contributed by atoms with E-state index in [-0.39, 0.29) is 11.0 Å². The van der Waals surface area contributed by atoms with Crippen molar-refractivity contribution in [2.45, 2.75) is 59.4 Å². The van der Waals surface area contributed by atoms with Crippen molar-refractivity contribution in [2.24, 2.45) is 0 Å². The molecule has 0 aliphatic rings. The SMILES string of the molecule is Cc1cnc(N)c2c(C(C)(C)C)nn(C(C)(C)C)c12. The lowest BCUT2D eigenvalue weighted by Gasteiger charge is -2.21. The molecular weight excluding hydrogens is 236 g/mol. The Labute approximate surface area is 115 Å². The molecule has 0 atom stereocenters. The summed E-state index contributed by atoms with van der Waals surface area (Å²) < 4.78 is 2.08. The second kappa shape index (κ2) is 3.95. The monoisotopic (exact) mass is 260 g/mol. The number of nitrogens with zero attached hydrogens (tertiary/aromatic N) is 3. The van der Waals surface area contributed by atoms with Crippen molar-refractivity contribution in [3.63, 3.8) is 0 Å². The molecule has 0 aliphatic heterocycles. The van der Waals surface area contributed by atoms with Crippen LogP contribution in [0.3, 0.4) is 0 Å². The Morgan fingerprint density at radius 2 is 1.68 bits per heavy atom. The Hall–Kier alpha value is -1.58. The lowest BCUT2D eigenvalue weighted by Crippen LogP contribution is -2.24. The third-order valence-corrected chi connectivity index (χ3v) is 3.26. The second-order valence-electron chi connectivity index (χ2n) is 7.23. The summed E-state index contributed by atoms with van der Waals surface area (Å²) >= 11 is 0. The lowest BCUT2D eigenvalue weighted by molar-refractivity contribution is 0.359. The highest BCUT2D eigenvalue weighted by Gasteiger charge is 2.28. The topological polar surface area (TPSA) is 56.7 Å². The third kappa shape index (κ3) is 2.20. The van der Waals surface area contributed by atoms with Gasteiger partial charge in [-0.25, -0.2) is 4.98 Å². The van der Waals surface area contributed by atoms with Crippen LogP contribution in [0, 0.1) is 6.92 Å². The Kier molecular flexibility index (Phi) is 2.88. The molecular formula is C15H24N4. The number of rotatable bonds is 0. The Bertz CT molecular complexity index is 570. The minimum Gasteiger partial charge on any atom is -0.383 e. The standard InChI is InChI=1S/C15H24N4/c1-9-8-17-13(16)10-11(9)19(15(5,6)7)18-12(10)14(2,3)4/h8H,1-7H3,(H2,16,17). The Balaban J connectivity index is 2.98. The molecule has 2 rings (SSSR count). The van der Waals surface area contributed by atoms with Crippen molar-refractivity contribution < 1.29 is 0 Å². The Morgan fingerprint density at radius 3 is 2.16 bits per heavy atom. The minimum atomic E-state index is -0.0830. The molecule has 0 aromatic carbocycles. The smallest absolute Gasteiger partial charge is 0.134 e. The van der Waals surface area contributed by atoms with Gasteiger partial charge in [-0.05, 0) is 33.3 Å². The van der Waals surface area contributed by atoms with E-state index in [1.807, 2.05) is 6.20 Å². The molecule has 0 aliphatic carbocycles. The normalized spacial score (nSPS) is 13.2. The van der Waals surface area contributed by atoms with Crippen LogP contribution >= 0.6 is 0 Å². The van der Waals surface area contributed by atoms with Crippen LogP contribution in [-0.4, -0.2) is 14.8 Å². The van der Waals surface area contributed by atoms with Crippen LogP contribution < -0.4 is 5.73 Å². The van der Waals surface area contributed by atoms with Crippen molar-refractivity contribution in [3.8, 4) is 0 Å². The van der Waals surface area contributed by atoms with Gasteiger partial charge in [-0.2, -0.15) is 5.10 Å². The van der Waals surface area contributed by atoms with Gasteiger partial charge in [-0.15, -0.1) is 0 Å². The first kappa shape index (κ1) is 13.8. The fourth-order valence-corrected chi connectivity index (χ4v) is 2.33. The summed E-state index contributed by atoms with van der Waals surface area (Å²) in [4.78, 5) is 4.30. The summed E-state index contributed by atoms with van der Waals surface area (Å²) in [6.45, 7) is 15.0. The highest BCUT2D eigenvalue weighted by molar-refractivity contribution is 5.93. The van der Waals surface area contributed by atoms with Crippen LogP contribution in [0.15, 0.2) is 6.20 Å². The molecule has 0 fully saturated rings. The molecule has 104 valence electrons. The molecule has 4 nitrogen and oxygen atoms in total. The predicted molar refractivity (Wildman–Crippen MR) is 80.4 cm³/mol. The van der Waals surface area contributed by atoms with Crippen LogP contribution in [0.4, 0.5) is 5.82 Å².